The lowest BCUT2D eigenvalue weighted by atomic mass is 10.2. The summed E-state index contributed by atoms with van der Waals surface area (Å²) in [5.41, 5.74) is 1.31. The molecule has 0 atom stereocenters. The van der Waals surface area contributed by atoms with Gasteiger partial charge in [-0.3, -0.25) is 18.8 Å². The Morgan fingerprint density at radius 3 is 2.21 bits per heavy atom. The number of rotatable bonds is 4. The first-order chi connectivity index (χ1) is 15.5. The molecule has 1 aliphatic rings. The highest BCUT2D eigenvalue weighted by molar-refractivity contribution is 7.45. The maximum absolute atomic E-state index is 12.5. The molecule has 0 spiro atoms. The summed E-state index contributed by atoms with van der Waals surface area (Å²) in [5, 5.41) is 0.780. The molecular formula is C19H26ClN6O6P. The van der Waals surface area contributed by atoms with Crippen LogP contribution in [0.1, 0.15) is 0 Å². The van der Waals surface area contributed by atoms with Crippen molar-refractivity contribution in [2.24, 2.45) is 14.1 Å². The van der Waals surface area contributed by atoms with Crippen molar-refractivity contribution in [1.82, 2.24) is 23.6 Å². The van der Waals surface area contributed by atoms with Gasteiger partial charge in [-0.15, -0.1) is 0 Å². The molecule has 0 aliphatic carbocycles. The van der Waals surface area contributed by atoms with Crippen molar-refractivity contribution in [2.45, 2.75) is 6.54 Å². The third-order valence-corrected chi connectivity index (χ3v) is 5.76. The molecule has 14 heteroatoms. The van der Waals surface area contributed by atoms with Crippen molar-refractivity contribution >= 4 is 36.3 Å². The van der Waals surface area contributed by atoms with Crippen LogP contribution in [0, 0.1) is 0 Å². The lowest BCUT2D eigenvalue weighted by Gasteiger charge is -2.36. The van der Waals surface area contributed by atoms with Crippen LogP contribution in [0.3, 0.4) is 0 Å². The Morgan fingerprint density at radius 1 is 1.00 bits per heavy atom. The summed E-state index contributed by atoms with van der Waals surface area (Å²) in [6.07, 6.45) is 1.64. The molecule has 12 nitrogen and oxygen atoms in total. The van der Waals surface area contributed by atoms with Gasteiger partial charge in [0.2, 0.25) is 0 Å². The number of anilines is 1. The van der Waals surface area contributed by atoms with Crippen LogP contribution in [-0.4, -0.2) is 71.0 Å². The van der Waals surface area contributed by atoms with Gasteiger partial charge in [-0.05, 0) is 12.1 Å². The lowest BCUT2D eigenvalue weighted by Crippen LogP contribution is -2.47. The van der Waals surface area contributed by atoms with Crippen molar-refractivity contribution in [3.8, 4) is 0 Å². The first kappa shape index (κ1) is 25.2. The Balaban J connectivity index is 0.000000555. The third kappa shape index (κ3) is 6.11. The van der Waals surface area contributed by atoms with E-state index in [0.29, 0.717) is 17.7 Å². The number of hydrogen-bond donors (Lipinski definition) is 3. The van der Waals surface area contributed by atoms with Crippen molar-refractivity contribution in [1.29, 1.82) is 0 Å². The number of halogens is 1. The fraction of sp³-hybridized carbons (Fsp3) is 0.421. The third-order valence-electron chi connectivity index (χ3n) is 5.44. The first-order valence-corrected chi connectivity index (χ1v) is 12.0. The van der Waals surface area contributed by atoms with Gasteiger partial charge in [0, 0.05) is 53.4 Å². The molecule has 4 rings (SSSR count). The Hall–Kier alpha value is -2.47. The number of benzene rings is 1. The zero-order valence-corrected chi connectivity index (χ0v) is 19.9. The van der Waals surface area contributed by atoms with Crippen LogP contribution >= 0.6 is 19.4 Å². The standard InChI is InChI=1S/C19H23ClN6O2.H3O4P/c1-22-17-16(18(27)23(2)19(22)28)26(13-21-17)12-9-24-7-10-25(11-8-24)15-6-4-3-5-14(15)20;1-5(2,3)4/h3-6,13H,7-12H2,1-2H3;(H3,1,2,3,4). The topological polar surface area (TPSA) is 146 Å². The number of aryl methyl sites for hydroxylation is 1. The summed E-state index contributed by atoms with van der Waals surface area (Å²) < 4.78 is 13.3. The highest BCUT2D eigenvalue weighted by atomic mass is 35.5. The molecule has 3 N–H and O–H groups in total. The monoisotopic (exact) mass is 500 g/mol. The Kier molecular flexibility index (Phi) is 7.78. The average molecular weight is 501 g/mol. The molecule has 0 radical (unpaired) electrons. The molecule has 0 unspecified atom stereocenters. The molecule has 0 bridgehead atoms. The average Bonchev–Trinajstić information content (AvgIpc) is 3.19. The summed E-state index contributed by atoms with van der Waals surface area (Å²) in [7, 11) is -1.51. The van der Waals surface area contributed by atoms with Crippen LogP contribution in [0.4, 0.5) is 5.69 Å². The van der Waals surface area contributed by atoms with Crippen LogP contribution in [0.5, 0.6) is 0 Å². The number of piperazine rings is 1. The number of imidazole rings is 1. The molecule has 1 aromatic carbocycles. The van der Waals surface area contributed by atoms with E-state index in [4.69, 9.17) is 30.8 Å². The van der Waals surface area contributed by atoms with E-state index in [-0.39, 0.29) is 11.2 Å². The van der Waals surface area contributed by atoms with Gasteiger partial charge in [-0.1, -0.05) is 23.7 Å². The van der Waals surface area contributed by atoms with Crippen LogP contribution in [0.2, 0.25) is 5.02 Å². The molecule has 0 saturated carbocycles. The second-order valence-corrected chi connectivity index (χ2v) is 9.04. The molecular weight excluding hydrogens is 475 g/mol. The van der Waals surface area contributed by atoms with Gasteiger partial charge in [0.1, 0.15) is 0 Å². The summed E-state index contributed by atoms with van der Waals surface area (Å²) in [6.45, 7) is 5.13. The Bertz CT molecular complexity index is 1280. The van der Waals surface area contributed by atoms with E-state index >= 15 is 0 Å². The van der Waals surface area contributed by atoms with Crippen LogP contribution in [-0.2, 0) is 25.2 Å². The predicted molar refractivity (Wildman–Crippen MR) is 125 cm³/mol. The highest BCUT2D eigenvalue weighted by Crippen LogP contribution is 2.26. The van der Waals surface area contributed by atoms with Gasteiger partial charge < -0.3 is 24.1 Å². The zero-order chi connectivity index (χ0) is 24.3. The minimum Gasteiger partial charge on any atom is -0.368 e. The van der Waals surface area contributed by atoms with E-state index < -0.39 is 7.82 Å². The second-order valence-electron chi connectivity index (χ2n) is 7.61. The van der Waals surface area contributed by atoms with E-state index in [2.05, 4.69) is 20.9 Å². The van der Waals surface area contributed by atoms with Gasteiger partial charge in [-0.25, -0.2) is 14.3 Å². The van der Waals surface area contributed by atoms with Gasteiger partial charge in [0.15, 0.2) is 11.2 Å². The number of phosphoric acid groups is 1. The largest absolute Gasteiger partial charge is 0.466 e. The zero-order valence-electron chi connectivity index (χ0n) is 18.2. The van der Waals surface area contributed by atoms with Crippen LogP contribution in [0.15, 0.2) is 40.2 Å². The maximum Gasteiger partial charge on any atom is 0.466 e. The lowest BCUT2D eigenvalue weighted by molar-refractivity contribution is 0.249. The van der Waals surface area contributed by atoms with Gasteiger partial charge in [0.25, 0.3) is 5.56 Å². The minimum atomic E-state index is -4.64. The van der Waals surface area contributed by atoms with Crippen LogP contribution in [0.25, 0.3) is 11.2 Å². The van der Waals surface area contributed by atoms with E-state index in [9.17, 15) is 9.59 Å². The normalized spacial score (nSPS) is 14.9. The quantitative estimate of drug-likeness (QED) is 0.420. The molecule has 3 heterocycles. The second kappa shape index (κ2) is 10.2. The molecule has 33 heavy (non-hydrogen) atoms. The molecule has 1 aliphatic heterocycles. The first-order valence-electron chi connectivity index (χ1n) is 10.1. The predicted octanol–water partition coefficient (Wildman–Crippen LogP) is -0.0193. The molecule has 3 aromatic rings. The van der Waals surface area contributed by atoms with Crippen molar-refractivity contribution in [3.05, 3.63) is 56.5 Å². The molecule has 1 fully saturated rings. The van der Waals surface area contributed by atoms with Crippen molar-refractivity contribution in [3.63, 3.8) is 0 Å². The summed E-state index contributed by atoms with van der Waals surface area (Å²) in [6, 6.07) is 7.92. The fourth-order valence-electron chi connectivity index (χ4n) is 3.74. The maximum atomic E-state index is 12.5. The summed E-state index contributed by atoms with van der Waals surface area (Å²) >= 11 is 6.31. The van der Waals surface area contributed by atoms with Gasteiger partial charge in [0.05, 0.1) is 17.0 Å². The van der Waals surface area contributed by atoms with Crippen molar-refractivity contribution < 1.29 is 19.2 Å². The molecule has 180 valence electrons. The van der Waals surface area contributed by atoms with Crippen molar-refractivity contribution in [2.75, 3.05) is 37.6 Å². The summed E-state index contributed by atoms with van der Waals surface area (Å²) in [4.78, 5) is 55.1. The Labute approximate surface area is 194 Å². The summed E-state index contributed by atoms with van der Waals surface area (Å²) in [5.74, 6) is 0. The number of aromatic nitrogens is 4. The molecule has 2 aromatic heterocycles. The molecule has 0 amide bonds. The van der Waals surface area contributed by atoms with E-state index in [0.717, 1.165) is 48.0 Å². The van der Waals surface area contributed by atoms with Gasteiger partial charge >= 0.3 is 13.5 Å². The van der Waals surface area contributed by atoms with E-state index in [1.807, 2.05) is 22.8 Å². The highest BCUT2D eigenvalue weighted by Gasteiger charge is 2.19. The van der Waals surface area contributed by atoms with Crippen LogP contribution < -0.4 is 16.1 Å². The SMILES string of the molecule is Cn1c(=O)c2c(ncn2CCN2CCN(c3ccccc3Cl)CC2)n(C)c1=O.O=P(O)(O)O. The van der Waals surface area contributed by atoms with E-state index in [1.54, 1.807) is 13.4 Å². The smallest absolute Gasteiger partial charge is 0.368 e. The minimum absolute atomic E-state index is 0.306. The fourth-order valence-corrected chi connectivity index (χ4v) is 3.99. The number of fused-ring (bicyclic) bond motifs is 1. The number of nitrogens with zero attached hydrogens (tertiary/aromatic N) is 6. The Morgan fingerprint density at radius 2 is 1.61 bits per heavy atom. The number of hydrogen-bond acceptors (Lipinski definition) is 6. The molecule has 1 saturated heterocycles. The van der Waals surface area contributed by atoms with Gasteiger partial charge in [-0.2, -0.15) is 0 Å². The number of para-hydroxylation sites is 1. The van der Waals surface area contributed by atoms with E-state index in [1.165, 1.54) is 11.6 Å².